The van der Waals surface area contributed by atoms with Crippen LogP contribution in [0, 0.1) is 17.6 Å². The summed E-state index contributed by atoms with van der Waals surface area (Å²) in [6, 6.07) is 19.8. The van der Waals surface area contributed by atoms with Crippen molar-refractivity contribution in [2.75, 3.05) is 0 Å². The molecule has 0 saturated carbocycles. The fourth-order valence-corrected chi connectivity index (χ4v) is 5.49. The van der Waals surface area contributed by atoms with E-state index >= 15 is 0 Å². The molecule has 7 heteroatoms. The van der Waals surface area contributed by atoms with Gasteiger partial charge in [0.2, 0.25) is 5.90 Å². The van der Waals surface area contributed by atoms with Crippen LogP contribution in [0.2, 0.25) is 0 Å². The van der Waals surface area contributed by atoms with E-state index in [2.05, 4.69) is 91.8 Å². The Morgan fingerprint density at radius 3 is 2.35 bits per heavy atom. The molecule has 0 fully saturated rings. The molecule has 4 rings (SSSR count). The van der Waals surface area contributed by atoms with Crippen LogP contribution in [0.1, 0.15) is 22.3 Å². The fraction of sp³-hybridized carbons (Fsp3) is 0.0833. The molecule has 0 spiro atoms. The highest BCUT2D eigenvalue weighted by atomic mass is 127. The normalized spacial score (nSPS) is 14.5. The average Bonchev–Trinajstić information content (AvgIpc) is 3.09. The first-order valence-corrected chi connectivity index (χ1v) is 12.6. The monoisotopic (exact) mass is 747 g/mol. The maximum Gasteiger partial charge on any atom is 0.363 e. The van der Waals surface area contributed by atoms with Gasteiger partial charge in [0.25, 0.3) is 0 Å². The van der Waals surface area contributed by atoms with E-state index in [9.17, 15) is 4.79 Å². The van der Waals surface area contributed by atoms with Crippen LogP contribution in [-0.2, 0) is 16.1 Å². The van der Waals surface area contributed by atoms with Gasteiger partial charge in [-0.05, 0) is 134 Å². The quantitative estimate of drug-likeness (QED) is 0.165. The molecular weight excluding hydrogens is 731 g/mol. The van der Waals surface area contributed by atoms with Crippen molar-refractivity contribution in [3.63, 3.8) is 0 Å². The number of aliphatic imine (C=N–C) groups is 1. The lowest BCUT2D eigenvalue weighted by atomic mass is 10.1. The molecule has 1 aliphatic rings. The summed E-state index contributed by atoms with van der Waals surface area (Å²) in [6.45, 7) is 2.59. The number of cyclic esters (lactones) is 1. The Labute approximate surface area is 221 Å². The molecule has 1 heterocycles. The Bertz CT molecular complexity index is 1190. The molecule has 0 saturated heterocycles. The van der Waals surface area contributed by atoms with Gasteiger partial charge in [0.1, 0.15) is 12.4 Å². The molecule has 0 aliphatic carbocycles. The molecular formula is C24H16I3NO3. The van der Waals surface area contributed by atoms with Crippen molar-refractivity contribution in [2.45, 2.75) is 13.5 Å². The number of hydrogen-bond acceptors (Lipinski definition) is 4. The second kappa shape index (κ2) is 9.99. The summed E-state index contributed by atoms with van der Waals surface area (Å²) in [5, 5.41) is 0. The van der Waals surface area contributed by atoms with Crippen molar-refractivity contribution in [1.82, 2.24) is 0 Å². The van der Waals surface area contributed by atoms with Gasteiger partial charge in [-0.3, -0.25) is 0 Å². The first kappa shape index (κ1) is 22.7. The molecule has 31 heavy (non-hydrogen) atoms. The summed E-state index contributed by atoms with van der Waals surface area (Å²) in [5.41, 5.74) is 4.30. The molecule has 1 aliphatic heterocycles. The van der Waals surface area contributed by atoms with E-state index in [1.807, 2.05) is 48.5 Å². The first-order chi connectivity index (χ1) is 14.9. The van der Waals surface area contributed by atoms with Crippen LogP contribution in [0.5, 0.6) is 5.75 Å². The van der Waals surface area contributed by atoms with Crippen molar-refractivity contribution >= 4 is 85.7 Å². The lowest BCUT2D eigenvalue weighted by molar-refractivity contribution is -0.129. The lowest BCUT2D eigenvalue weighted by Crippen LogP contribution is -2.05. The number of ether oxygens (including phenoxy) is 2. The Morgan fingerprint density at radius 1 is 1.00 bits per heavy atom. The van der Waals surface area contributed by atoms with E-state index < -0.39 is 5.97 Å². The molecule has 3 aromatic carbocycles. The maximum absolute atomic E-state index is 12.3. The lowest BCUT2D eigenvalue weighted by Gasteiger charge is -2.13. The number of hydrogen-bond donors (Lipinski definition) is 0. The molecule has 4 nitrogen and oxygen atoms in total. The number of carbonyl (C=O) groups is 1. The summed E-state index contributed by atoms with van der Waals surface area (Å²) in [7, 11) is 0. The topological polar surface area (TPSA) is 47.9 Å². The smallest absolute Gasteiger partial charge is 0.363 e. The van der Waals surface area contributed by atoms with Gasteiger partial charge in [-0.25, -0.2) is 9.79 Å². The summed E-state index contributed by atoms with van der Waals surface area (Å²) in [4.78, 5) is 16.7. The zero-order valence-corrected chi connectivity index (χ0v) is 22.8. The van der Waals surface area contributed by atoms with E-state index in [-0.39, 0.29) is 5.70 Å². The molecule has 0 aromatic heterocycles. The van der Waals surface area contributed by atoms with Crippen LogP contribution in [0.4, 0.5) is 0 Å². The first-order valence-electron chi connectivity index (χ1n) is 9.35. The molecule has 0 N–H and O–H groups in total. The van der Waals surface area contributed by atoms with Crippen LogP contribution in [0.15, 0.2) is 71.4 Å². The molecule has 0 radical (unpaired) electrons. The number of esters is 1. The minimum atomic E-state index is -0.446. The predicted molar refractivity (Wildman–Crippen MR) is 147 cm³/mol. The number of benzene rings is 3. The van der Waals surface area contributed by atoms with Gasteiger partial charge in [0.15, 0.2) is 5.70 Å². The van der Waals surface area contributed by atoms with Gasteiger partial charge in [-0.1, -0.05) is 24.3 Å². The van der Waals surface area contributed by atoms with E-state index in [0.29, 0.717) is 12.5 Å². The fourth-order valence-electron chi connectivity index (χ4n) is 3.01. The van der Waals surface area contributed by atoms with Crippen molar-refractivity contribution in [3.05, 3.63) is 99.3 Å². The zero-order chi connectivity index (χ0) is 22.0. The number of rotatable bonds is 5. The maximum atomic E-state index is 12.3. The Kier molecular flexibility index (Phi) is 7.32. The second-order valence-electron chi connectivity index (χ2n) is 6.87. The number of carbonyl (C=O) groups excluding carboxylic acids is 1. The largest absolute Gasteiger partial charge is 0.487 e. The van der Waals surface area contributed by atoms with E-state index in [1.54, 1.807) is 6.08 Å². The molecule has 0 atom stereocenters. The highest BCUT2D eigenvalue weighted by molar-refractivity contribution is 14.1. The predicted octanol–water partition coefficient (Wildman–Crippen LogP) is 6.73. The SMILES string of the molecule is Cc1ccccc1COc1c(I)cc(/C=C2\N=C(c3ccc(I)cc3)OC2=O)cc1I. The van der Waals surface area contributed by atoms with Gasteiger partial charge >= 0.3 is 5.97 Å². The van der Waals surface area contributed by atoms with E-state index in [1.165, 1.54) is 5.56 Å². The highest BCUT2D eigenvalue weighted by Gasteiger charge is 2.24. The third-order valence-electron chi connectivity index (χ3n) is 4.67. The molecule has 0 bridgehead atoms. The van der Waals surface area contributed by atoms with Crippen LogP contribution >= 0.6 is 67.8 Å². The Balaban J connectivity index is 1.56. The van der Waals surface area contributed by atoms with Crippen molar-refractivity contribution in [2.24, 2.45) is 4.99 Å². The van der Waals surface area contributed by atoms with E-state index in [0.717, 1.165) is 33.2 Å². The third kappa shape index (κ3) is 5.48. The molecule has 3 aromatic rings. The number of nitrogens with zero attached hydrogens (tertiary/aromatic N) is 1. The summed E-state index contributed by atoms with van der Waals surface area (Å²) in [5.74, 6) is 0.720. The molecule has 156 valence electrons. The number of halogens is 3. The van der Waals surface area contributed by atoms with Crippen molar-refractivity contribution in [3.8, 4) is 5.75 Å². The van der Waals surface area contributed by atoms with Crippen LogP contribution in [0.3, 0.4) is 0 Å². The summed E-state index contributed by atoms with van der Waals surface area (Å²) < 4.78 is 14.5. The summed E-state index contributed by atoms with van der Waals surface area (Å²) >= 11 is 6.75. The molecule has 0 amide bonds. The number of aryl methyl sites for hydroxylation is 1. The minimum Gasteiger partial charge on any atom is -0.487 e. The minimum absolute atomic E-state index is 0.286. The standard InChI is InChI=1S/C24H16I3NO3/c1-14-4-2-3-5-17(14)13-30-22-19(26)10-15(11-20(22)27)12-21-24(29)31-23(28-21)16-6-8-18(25)9-7-16/h2-12H,13H2,1H3/b21-12-. The van der Waals surface area contributed by atoms with Gasteiger partial charge < -0.3 is 9.47 Å². The summed E-state index contributed by atoms with van der Waals surface area (Å²) in [6.07, 6.45) is 1.75. The van der Waals surface area contributed by atoms with Gasteiger partial charge in [-0.15, -0.1) is 0 Å². The van der Waals surface area contributed by atoms with Crippen LogP contribution < -0.4 is 4.74 Å². The van der Waals surface area contributed by atoms with Gasteiger partial charge in [0, 0.05) is 9.13 Å². The molecule has 0 unspecified atom stereocenters. The Morgan fingerprint density at radius 2 is 1.68 bits per heavy atom. The zero-order valence-electron chi connectivity index (χ0n) is 16.4. The van der Waals surface area contributed by atoms with E-state index in [4.69, 9.17) is 9.47 Å². The van der Waals surface area contributed by atoms with Crippen LogP contribution in [-0.4, -0.2) is 11.9 Å². The van der Waals surface area contributed by atoms with Crippen molar-refractivity contribution in [1.29, 1.82) is 0 Å². The van der Waals surface area contributed by atoms with Gasteiger partial charge in [0.05, 0.1) is 7.14 Å². The second-order valence-corrected chi connectivity index (χ2v) is 10.4. The highest BCUT2D eigenvalue weighted by Crippen LogP contribution is 2.31. The Hall–Kier alpha value is -1.47. The third-order valence-corrected chi connectivity index (χ3v) is 6.99. The van der Waals surface area contributed by atoms with Crippen molar-refractivity contribution < 1.29 is 14.3 Å². The van der Waals surface area contributed by atoms with Crippen LogP contribution in [0.25, 0.3) is 6.08 Å². The van der Waals surface area contributed by atoms with Gasteiger partial charge in [-0.2, -0.15) is 0 Å². The average molecular weight is 747 g/mol.